The average molecular weight is 383 g/mol. The van der Waals surface area contributed by atoms with Gasteiger partial charge in [0.25, 0.3) is 0 Å². The van der Waals surface area contributed by atoms with Gasteiger partial charge in [-0.2, -0.15) is 0 Å². The van der Waals surface area contributed by atoms with Crippen LogP contribution in [-0.4, -0.2) is 23.8 Å². The number of carboxylic acid groups (broad SMARTS) is 1. The van der Waals surface area contributed by atoms with E-state index in [2.05, 4.69) is 25.1 Å². The highest BCUT2D eigenvalue weighted by atomic mass is 16.5. The van der Waals surface area contributed by atoms with Crippen molar-refractivity contribution in [3.63, 3.8) is 0 Å². The summed E-state index contributed by atoms with van der Waals surface area (Å²) in [6.07, 6.45) is 8.07. The molecule has 1 N–H and O–H groups in total. The van der Waals surface area contributed by atoms with E-state index in [0.29, 0.717) is 12.2 Å². The first-order valence-electron chi connectivity index (χ1n) is 10.4. The summed E-state index contributed by atoms with van der Waals surface area (Å²) < 4.78 is 11.4. The molecule has 0 saturated carbocycles. The minimum atomic E-state index is -0.897. The molecule has 4 nitrogen and oxygen atoms in total. The number of hydrogen-bond acceptors (Lipinski definition) is 3. The Labute approximate surface area is 167 Å². The molecule has 0 amide bonds. The fraction of sp³-hybridized carbons (Fsp3) is 0.458. The van der Waals surface area contributed by atoms with E-state index in [0.717, 1.165) is 41.9 Å². The predicted octanol–water partition coefficient (Wildman–Crippen LogP) is 5.87. The first kappa shape index (κ1) is 20.2. The second-order valence-corrected chi connectivity index (χ2v) is 7.45. The summed E-state index contributed by atoms with van der Waals surface area (Å²) in [7, 11) is 0. The lowest BCUT2D eigenvalue weighted by Gasteiger charge is -2.23. The lowest BCUT2D eigenvalue weighted by atomic mass is 9.97. The van der Waals surface area contributed by atoms with E-state index in [1.165, 1.54) is 32.1 Å². The molecule has 1 heterocycles. The summed E-state index contributed by atoms with van der Waals surface area (Å²) in [5, 5.41) is 9.11. The maximum Gasteiger partial charge on any atom is 0.344 e. The molecule has 0 spiro atoms. The van der Waals surface area contributed by atoms with Gasteiger partial charge in [0.05, 0.1) is 6.61 Å². The van der Waals surface area contributed by atoms with E-state index in [1.807, 2.05) is 24.3 Å². The topological polar surface area (TPSA) is 55.8 Å². The quantitative estimate of drug-likeness (QED) is 0.522. The maximum atomic E-state index is 11.1. The summed E-state index contributed by atoms with van der Waals surface area (Å²) in [4.78, 5) is 11.1. The molecular formula is C24H30O4. The highest BCUT2D eigenvalue weighted by molar-refractivity contribution is 5.74. The largest absolute Gasteiger partial charge is 0.494 e. The van der Waals surface area contributed by atoms with Crippen LogP contribution in [0.3, 0.4) is 0 Å². The molecule has 150 valence electrons. The van der Waals surface area contributed by atoms with Gasteiger partial charge in [-0.25, -0.2) is 4.79 Å². The lowest BCUT2D eigenvalue weighted by molar-refractivity contribution is -0.145. The van der Waals surface area contributed by atoms with Crippen molar-refractivity contribution in [3.05, 3.63) is 48.0 Å². The molecule has 0 bridgehead atoms. The van der Waals surface area contributed by atoms with Crippen LogP contribution in [-0.2, 0) is 11.2 Å². The molecule has 2 aromatic carbocycles. The third kappa shape index (κ3) is 5.51. The van der Waals surface area contributed by atoms with E-state index < -0.39 is 12.1 Å². The van der Waals surface area contributed by atoms with E-state index >= 15 is 0 Å². The molecule has 0 radical (unpaired) electrons. The van der Waals surface area contributed by atoms with Gasteiger partial charge >= 0.3 is 5.97 Å². The maximum absolute atomic E-state index is 11.1. The Morgan fingerprint density at radius 2 is 1.75 bits per heavy atom. The molecule has 0 aromatic heterocycles. The van der Waals surface area contributed by atoms with Crippen molar-refractivity contribution < 1.29 is 19.4 Å². The van der Waals surface area contributed by atoms with Crippen molar-refractivity contribution in [3.8, 4) is 22.6 Å². The molecule has 1 atom stereocenters. The van der Waals surface area contributed by atoms with Crippen LogP contribution < -0.4 is 9.47 Å². The number of carboxylic acids is 1. The summed E-state index contributed by atoms with van der Waals surface area (Å²) in [5.74, 6) is 0.690. The standard InChI is InChI=1S/C24H30O4/c1-2-3-4-5-6-7-16-27-21-12-8-18(9-13-21)19-10-14-22-20(17-19)11-15-23(28-22)24(25)26/h8-10,12-14,17,23H,2-7,11,15-16H2,1H3,(H,25,26)/t23-/m0/s1. The predicted molar refractivity (Wildman–Crippen MR) is 111 cm³/mol. The van der Waals surface area contributed by atoms with Crippen molar-refractivity contribution in [1.82, 2.24) is 0 Å². The first-order valence-corrected chi connectivity index (χ1v) is 10.4. The van der Waals surface area contributed by atoms with Crippen molar-refractivity contribution in [2.75, 3.05) is 6.61 Å². The molecule has 0 unspecified atom stereocenters. The number of fused-ring (bicyclic) bond motifs is 1. The Morgan fingerprint density at radius 1 is 1.04 bits per heavy atom. The van der Waals surface area contributed by atoms with Gasteiger partial charge in [0.2, 0.25) is 0 Å². The van der Waals surface area contributed by atoms with Gasteiger partial charge in [0, 0.05) is 0 Å². The summed E-state index contributed by atoms with van der Waals surface area (Å²) in [5.41, 5.74) is 3.30. The Hall–Kier alpha value is -2.49. The molecule has 4 heteroatoms. The van der Waals surface area contributed by atoms with Gasteiger partial charge in [-0.1, -0.05) is 57.2 Å². The number of carbonyl (C=O) groups is 1. The van der Waals surface area contributed by atoms with E-state index in [-0.39, 0.29) is 0 Å². The van der Waals surface area contributed by atoms with Gasteiger partial charge < -0.3 is 14.6 Å². The van der Waals surface area contributed by atoms with Crippen LogP contribution in [0.2, 0.25) is 0 Å². The van der Waals surface area contributed by atoms with Crippen LogP contribution in [0.5, 0.6) is 11.5 Å². The van der Waals surface area contributed by atoms with Gasteiger partial charge in [0.1, 0.15) is 11.5 Å². The number of rotatable bonds is 10. The van der Waals surface area contributed by atoms with Gasteiger partial charge in [0.15, 0.2) is 6.10 Å². The molecular weight excluding hydrogens is 352 g/mol. The zero-order chi connectivity index (χ0) is 19.8. The SMILES string of the molecule is CCCCCCCCOc1ccc(-c2ccc3c(c2)CC[C@@H](C(=O)O)O3)cc1. The van der Waals surface area contributed by atoms with E-state index in [9.17, 15) is 4.79 Å². The van der Waals surface area contributed by atoms with Gasteiger partial charge in [-0.15, -0.1) is 0 Å². The zero-order valence-electron chi connectivity index (χ0n) is 16.7. The van der Waals surface area contributed by atoms with Gasteiger partial charge in [-0.3, -0.25) is 0 Å². The molecule has 2 aromatic rings. The Bertz CT molecular complexity index is 767. The number of hydrogen-bond donors (Lipinski definition) is 1. The number of unbranched alkanes of at least 4 members (excludes halogenated alkanes) is 5. The van der Waals surface area contributed by atoms with Crippen molar-refractivity contribution in [2.45, 2.75) is 64.4 Å². The smallest absolute Gasteiger partial charge is 0.344 e. The minimum Gasteiger partial charge on any atom is -0.494 e. The van der Waals surface area contributed by atoms with Crippen LogP contribution in [0.15, 0.2) is 42.5 Å². The molecule has 0 saturated heterocycles. The normalized spacial score (nSPS) is 15.5. The highest BCUT2D eigenvalue weighted by Gasteiger charge is 2.25. The van der Waals surface area contributed by atoms with Crippen molar-refractivity contribution in [1.29, 1.82) is 0 Å². The fourth-order valence-corrected chi connectivity index (χ4v) is 3.56. The van der Waals surface area contributed by atoms with E-state index in [1.54, 1.807) is 0 Å². The van der Waals surface area contributed by atoms with Crippen LogP contribution in [0.4, 0.5) is 0 Å². The Morgan fingerprint density at radius 3 is 2.50 bits per heavy atom. The molecule has 0 aliphatic carbocycles. The third-order valence-electron chi connectivity index (χ3n) is 5.24. The van der Waals surface area contributed by atoms with E-state index in [4.69, 9.17) is 14.6 Å². The van der Waals surface area contributed by atoms with Crippen molar-refractivity contribution in [2.24, 2.45) is 0 Å². The monoisotopic (exact) mass is 382 g/mol. The first-order chi connectivity index (χ1) is 13.7. The second kappa shape index (κ2) is 10.2. The van der Waals surface area contributed by atoms with Crippen molar-refractivity contribution >= 4 is 5.97 Å². The highest BCUT2D eigenvalue weighted by Crippen LogP contribution is 2.32. The molecule has 28 heavy (non-hydrogen) atoms. The number of aryl methyl sites for hydroxylation is 1. The third-order valence-corrected chi connectivity index (χ3v) is 5.24. The summed E-state index contributed by atoms with van der Waals surface area (Å²) in [6, 6.07) is 14.1. The van der Waals surface area contributed by atoms with Crippen LogP contribution in [0.25, 0.3) is 11.1 Å². The molecule has 1 aliphatic heterocycles. The number of ether oxygens (including phenoxy) is 2. The Kier molecular flexibility index (Phi) is 7.35. The Balaban J connectivity index is 1.52. The lowest BCUT2D eigenvalue weighted by Crippen LogP contribution is -2.30. The number of benzene rings is 2. The van der Waals surface area contributed by atoms with Crippen LogP contribution in [0.1, 0.15) is 57.4 Å². The fourth-order valence-electron chi connectivity index (χ4n) is 3.56. The molecule has 3 rings (SSSR count). The molecule has 1 aliphatic rings. The molecule has 0 fully saturated rings. The van der Waals surface area contributed by atoms with Crippen LogP contribution >= 0.6 is 0 Å². The number of aliphatic carboxylic acids is 1. The van der Waals surface area contributed by atoms with Crippen LogP contribution in [0, 0.1) is 0 Å². The minimum absolute atomic E-state index is 0.511. The van der Waals surface area contributed by atoms with Gasteiger partial charge in [-0.05, 0) is 60.2 Å². The summed E-state index contributed by atoms with van der Waals surface area (Å²) >= 11 is 0. The second-order valence-electron chi connectivity index (χ2n) is 7.45. The summed E-state index contributed by atoms with van der Waals surface area (Å²) in [6.45, 7) is 3.01. The average Bonchev–Trinajstić information content (AvgIpc) is 2.72. The zero-order valence-corrected chi connectivity index (χ0v) is 16.7.